The van der Waals surface area contributed by atoms with Crippen LogP contribution in [0, 0.1) is 11.3 Å². The van der Waals surface area contributed by atoms with Crippen LogP contribution in [0.1, 0.15) is 38.2 Å². The van der Waals surface area contributed by atoms with Gasteiger partial charge < -0.3 is 0 Å². The van der Waals surface area contributed by atoms with Crippen molar-refractivity contribution in [1.29, 1.82) is 5.26 Å². The smallest absolute Gasteiger partial charge is 0.0993 e. The van der Waals surface area contributed by atoms with E-state index < -0.39 is 0 Å². The van der Waals surface area contributed by atoms with Crippen LogP contribution in [0.4, 0.5) is 0 Å². The lowest BCUT2D eigenvalue weighted by Gasteiger charge is -2.00. The number of hydrogen-bond donors (Lipinski definition) is 0. The van der Waals surface area contributed by atoms with E-state index in [0.717, 1.165) is 10.8 Å². The minimum absolute atomic E-state index is 0.695. The highest BCUT2D eigenvalue weighted by atomic mass is 32.2. The van der Waals surface area contributed by atoms with E-state index in [1.54, 1.807) is 24.0 Å². The molecule has 1 rings (SSSR count). The average molecular weight is 220 g/mol. The van der Waals surface area contributed by atoms with Gasteiger partial charge in [0.1, 0.15) is 0 Å². The summed E-state index contributed by atoms with van der Waals surface area (Å²) in [7, 11) is 0. The van der Waals surface area contributed by atoms with Crippen LogP contribution in [-0.4, -0.2) is 10.7 Å². The van der Waals surface area contributed by atoms with E-state index in [-0.39, 0.29) is 0 Å². The minimum atomic E-state index is 0.695. The standard InChI is InChI=1S/C12H16N2S/c1-2-3-4-5-8-15-12-9-11(10-13)6-7-14-12/h6-7,9H,2-5,8H2,1H3. The van der Waals surface area contributed by atoms with Gasteiger partial charge in [-0.25, -0.2) is 4.98 Å². The van der Waals surface area contributed by atoms with E-state index in [1.807, 2.05) is 6.07 Å². The number of nitrogens with zero attached hydrogens (tertiary/aromatic N) is 2. The zero-order valence-electron chi connectivity index (χ0n) is 9.07. The van der Waals surface area contributed by atoms with E-state index in [1.165, 1.54) is 25.7 Å². The van der Waals surface area contributed by atoms with Gasteiger partial charge >= 0.3 is 0 Å². The molecule has 0 aliphatic carbocycles. The Labute approximate surface area is 95.7 Å². The van der Waals surface area contributed by atoms with Gasteiger partial charge in [0.25, 0.3) is 0 Å². The molecular formula is C12H16N2S. The van der Waals surface area contributed by atoms with Gasteiger partial charge in [0.2, 0.25) is 0 Å². The van der Waals surface area contributed by atoms with Crippen molar-refractivity contribution >= 4 is 11.8 Å². The van der Waals surface area contributed by atoms with E-state index >= 15 is 0 Å². The van der Waals surface area contributed by atoms with Crippen LogP contribution in [0.2, 0.25) is 0 Å². The fourth-order valence-corrected chi connectivity index (χ4v) is 2.17. The minimum Gasteiger partial charge on any atom is -0.250 e. The maximum absolute atomic E-state index is 8.72. The molecule has 0 unspecified atom stereocenters. The van der Waals surface area contributed by atoms with Crippen molar-refractivity contribution < 1.29 is 0 Å². The van der Waals surface area contributed by atoms with E-state index in [0.29, 0.717) is 5.56 Å². The van der Waals surface area contributed by atoms with Gasteiger partial charge in [-0.1, -0.05) is 26.2 Å². The first-order valence-corrected chi connectivity index (χ1v) is 6.34. The van der Waals surface area contributed by atoms with E-state index in [4.69, 9.17) is 5.26 Å². The highest BCUT2D eigenvalue weighted by Gasteiger charge is 1.97. The molecule has 0 fully saturated rings. The number of nitriles is 1. The molecule has 1 aromatic rings. The van der Waals surface area contributed by atoms with E-state index in [2.05, 4.69) is 18.0 Å². The summed E-state index contributed by atoms with van der Waals surface area (Å²) in [6.07, 6.45) is 6.81. The maximum atomic E-state index is 8.72. The molecule has 0 N–H and O–H groups in total. The predicted octanol–water partition coefficient (Wildman–Crippen LogP) is 3.63. The summed E-state index contributed by atoms with van der Waals surface area (Å²) in [5, 5.41) is 9.68. The SMILES string of the molecule is CCCCCCSc1cc(C#N)ccn1. The van der Waals surface area contributed by atoms with Crippen LogP contribution in [0.25, 0.3) is 0 Å². The van der Waals surface area contributed by atoms with Crippen molar-refractivity contribution in [3.05, 3.63) is 23.9 Å². The Balaban J connectivity index is 2.28. The van der Waals surface area contributed by atoms with Crippen LogP contribution in [-0.2, 0) is 0 Å². The van der Waals surface area contributed by atoms with Crippen LogP contribution < -0.4 is 0 Å². The zero-order chi connectivity index (χ0) is 10.9. The van der Waals surface area contributed by atoms with Gasteiger partial charge in [-0.2, -0.15) is 5.26 Å². The van der Waals surface area contributed by atoms with Crippen LogP contribution in [0.15, 0.2) is 23.4 Å². The Kier molecular flexibility index (Phi) is 5.87. The zero-order valence-corrected chi connectivity index (χ0v) is 9.89. The molecule has 80 valence electrons. The fourth-order valence-electron chi connectivity index (χ4n) is 1.26. The third kappa shape index (κ3) is 4.85. The van der Waals surface area contributed by atoms with Crippen LogP contribution in [0.3, 0.4) is 0 Å². The first kappa shape index (κ1) is 12.1. The maximum Gasteiger partial charge on any atom is 0.0993 e. The molecule has 0 radical (unpaired) electrons. The molecule has 0 saturated heterocycles. The lowest BCUT2D eigenvalue weighted by Crippen LogP contribution is -1.85. The average Bonchev–Trinajstić information content (AvgIpc) is 2.29. The van der Waals surface area contributed by atoms with Crippen LogP contribution >= 0.6 is 11.8 Å². The van der Waals surface area contributed by atoms with Crippen molar-refractivity contribution in [2.24, 2.45) is 0 Å². The van der Waals surface area contributed by atoms with Gasteiger partial charge in [0.05, 0.1) is 16.7 Å². The predicted molar refractivity (Wildman–Crippen MR) is 63.8 cm³/mol. The van der Waals surface area contributed by atoms with Crippen molar-refractivity contribution in [2.45, 2.75) is 37.6 Å². The summed E-state index contributed by atoms with van der Waals surface area (Å²) in [5.41, 5.74) is 0.695. The summed E-state index contributed by atoms with van der Waals surface area (Å²) in [6, 6.07) is 5.71. The lowest BCUT2D eigenvalue weighted by atomic mass is 10.2. The van der Waals surface area contributed by atoms with Gasteiger partial charge in [-0.05, 0) is 24.3 Å². The molecule has 2 nitrogen and oxygen atoms in total. The molecule has 1 aromatic heterocycles. The largest absolute Gasteiger partial charge is 0.250 e. The summed E-state index contributed by atoms with van der Waals surface area (Å²) >= 11 is 1.74. The number of thioether (sulfide) groups is 1. The van der Waals surface area contributed by atoms with Gasteiger partial charge in [-0.3, -0.25) is 0 Å². The number of pyridine rings is 1. The Morgan fingerprint density at radius 1 is 1.40 bits per heavy atom. The van der Waals surface area contributed by atoms with Gasteiger partial charge in [0.15, 0.2) is 0 Å². The molecule has 0 aliphatic heterocycles. The van der Waals surface area contributed by atoms with Crippen molar-refractivity contribution in [3.63, 3.8) is 0 Å². The quantitative estimate of drug-likeness (QED) is 0.542. The Morgan fingerprint density at radius 2 is 2.27 bits per heavy atom. The molecule has 1 heterocycles. The molecule has 0 amide bonds. The second-order valence-corrected chi connectivity index (χ2v) is 4.52. The summed E-state index contributed by atoms with van der Waals surface area (Å²) in [6.45, 7) is 2.21. The second-order valence-electron chi connectivity index (χ2n) is 3.40. The molecule has 0 bridgehead atoms. The highest BCUT2D eigenvalue weighted by molar-refractivity contribution is 7.99. The summed E-state index contributed by atoms with van der Waals surface area (Å²) in [5.74, 6) is 1.10. The number of rotatable bonds is 6. The first-order chi connectivity index (χ1) is 7.36. The second kappa shape index (κ2) is 7.30. The van der Waals surface area contributed by atoms with E-state index in [9.17, 15) is 0 Å². The monoisotopic (exact) mass is 220 g/mol. The lowest BCUT2D eigenvalue weighted by molar-refractivity contribution is 0.706. The first-order valence-electron chi connectivity index (χ1n) is 5.35. The topological polar surface area (TPSA) is 36.7 Å². The van der Waals surface area contributed by atoms with Crippen molar-refractivity contribution in [3.8, 4) is 6.07 Å². The molecule has 0 aliphatic rings. The summed E-state index contributed by atoms with van der Waals surface area (Å²) in [4.78, 5) is 4.22. The molecule has 0 spiro atoms. The number of aromatic nitrogens is 1. The molecule has 15 heavy (non-hydrogen) atoms. The molecular weight excluding hydrogens is 204 g/mol. The van der Waals surface area contributed by atoms with Crippen LogP contribution in [0.5, 0.6) is 0 Å². The van der Waals surface area contributed by atoms with Gasteiger partial charge in [-0.15, -0.1) is 11.8 Å². The molecule has 0 saturated carbocycles. The normalized spacial score (nSPS) is 9.87. The fraction of sp³-hybridized carbons (Fsp3) is 0.500. The molecule has 0 aromatic carbocycles. The third-order valence-corrected chi connectivity index (χ3v) is 3.12. The number of unbranched alkanes of at least 4 members (excludes halogenated alkanes) is 3. The van der Waals surface area contributed by atoms with Crippen molar-refractivity contribution in [2.75, 3.05) is 5.75 Å². The Bertz CT molecular complexity index is 331. The Hall–Kier alpha value is -1.01. The van der Waals surface area contributed by atoms with Gasteiger partial charge in [0, 0.05) is 6.20 Å². The third-order valence-electron chi connectivity index (χ3n) is 2.11. The Morgan fingerprint density at radius 3 is 3.00 bits per heavy atom. The highest BCUT2D eigenvalue weighted by Crippen LogP contribution is 2.18. The summed E-state index contributed by atoms with van der Waals surface area (Å²) < 4.78 is 0. The molecule has 0 atom stereocenters. The van der Waals surface area contributed by atoms with Crippen molar-refractivity contribution in [1.82, 2.24) is 4.98 Å². The number of hydrogen-bond acceptors (Lipinski definition) is 3. The molecule has 3 heteroatoms.